The first-order chi connectivity index (χ1) is 12.2. The van der Waals surface area contributed by atoms with Gasteiger partial charge in [-0.05, 0) is 50.2 Å². The zero-order valence-corrected chi connectivity index (χ0v) is 14.1. The molecule has 1 aliphatic rings. The van der Waals surface area contributed by atoms with Crippen LogP contribution in [0.15, 0.2) is 36.7 Å². The molecule has 0 spiro atoms. The number of amides is 2. The highest BCUT2D eigenvalue weighted by atomic mass is 16.2. The topological polar surface area (TPSA) is 90.1 Å². The van der Waals surface area contributed by atoms with Crippen LogP contribution >= 0.6 is 0 Å². The lowest BCUT2D eigenvalue weighted by Crippen LogP contribution is -2.33. The third-order valence-corrected chi connectivity index (χ3v) is 4.25. The van der Waals surface area contributed by atoms with Crippen LogP contribution in [0.3, 0.4) is 0 Å². The summed E-state index contributed by atoms with van der Waals surface area (Å²) in [5, 5.41) is 12.0. The average Bonchev–Trinajstić information content (AvgIpc) is 3.03. The molecule has 1 aliphatic heterocycles. The average molecular weight is 341 g/mol. The predicted molar refractivity (Wildman–Crippen MR) is 96.5 cm³/mol. The molecule has 1 aromatic heterocycles. The monoisotopic (exact) mass is 341 g/mol. The highest BCUT2D eigenvalue weighted by Gasteiger charge is 2.13. The highest BCUT2D eigenvalue weighted by molar-refractivity contribution is 6.04. The van der Waals surface area contributed by atoms with E-state index < -0.39 is 0 Å². The summed E-state index contributed by atoms with van der Waals surface area (Å²) in [6, 6.07) is 7.09. The molecule has 132 valence electrons. The number of aromatic amines is 1. The van der Waals surface area contributed by atoms with E-state index in [0.717, 1.165) is 18.8 Å². The molecule has 0 saturated carbocycles. The van der Waals surface area contributed by atoms with Gasteiger partial charge in [0.2, 0.25) is 5.91 Å². The number of carbonyl (C=O) groups excluding carboxylic acids is 2. The summed E-state index contributed by atoms with van der Waals surface area (Å²) in [7, 11) is 0. The molecule has 0 aliphatic carbocycles. The predicted octanol–water partition coefficient (Wildman–Crippen LogP) is 2.48. The third-order valence-electron chi connectivity index (χ3n) is 4.25. The van der Waals surface area contributed by atoms with Crippen molar-refractivity contribution >= 4 is 23.2 Å². The van der Waals surface area contributed by atoms with Crippen LogP contribution in [0.25, 0.3) is 0 Å². The number of carbonyl (C=O) groups is 2. The second-order valence-electron chi connectivity index (χ2n) is 6.26. The minimum Gasteiger partial charge on any atom is -0.325 e. The van der Waals surface area contributed by atoms with E-state index in [0.29, 0.717) is 17.8 Å². The Kier molecular flexibility index (Phi) is 5.79. The summed E-state index contributed by atoms with van der Waals surface area (Å²) in [6.07, 6.45) is 7.84. The lowest BCUT2D eigenvalue weighted by molar-refractivity contribution is -0.117. The quantitative estimate of drug-likeness (QED) is 0.779. The fourth-order valence-electron chi connectivity index (χ4n) is 2.91. The van der Waals surface area contributed by atoms with Gasteiger partial charge in [-0.1, -0.05) is 12.8 Å². The minimum atomic E-state index is -0.230. The number of nitrogens with one attached hydrogen (secondary N) is 3. The summed E-state index contributed by atoms with van der Waals surface area (Å²) in [6.45, 7) is 2.41. The SMILES string of the molecule is O=C(CN1CCCCCC1)Nc1ccc(NC(=O)c2cn[nH]c2)cc1. The Bertz CT molecular complexity index is 689. The van der Waals surface area contributed by atoms with Crippen molar-refractivity contribution in [2.75, 3.05) is 30.3 Å². The number of hydrogen-bond donors (Lipinski definition) is 3. The normalized spacial score (nSPS) is 15.4. The summed E-state index contributed by atoms with van der Waals surface area (Å²) in [4.78, 5) is 26.3. The van der Waals surface area contributed by atoms with Crippen molar-refractivity contribution in [3.63, 3.8) is 0 Å². The fraction of sp³-hybridized carbons (Fsp3) is 0.389. The first kappa shape index (κ1) is 17.2. The van der Waals surface area contributed by atoms with E-state index in [4.69, 9.17) is 0 Å². The smallest absolute Gasteiger partial charge is 0.258 e. The van der Waals surface area contributed by atoms with Crippen LogP contribution in [0, 0.1) is 0 Å². The molecule has 0 unspecified atom stereocenters. The molecule has 2 heterocycles. The summed E-state index contributed by atoms with van der Waals surface area (Å²) < 4.78 is 0. The number of hydrogen-bond acceptors (Lipinski definition) is 4. The number of anilines is 2. The first-order valence-corrected chi connectivity index (χ1v) is 8.63. The first-order valence-electron chi connectivity index (χ1n) is 8.63. The van der Waals surface area contributed by atoms with Crippen molar-refractivity contribution in [1.82, 2.24) is 15.1 Å². The van der Waals surface area contributed by atoms with Gasteiger partial charge in [-0.3, -0.25) is 19.6 Å². The summed E-state index contributed by atoms with van der Waals surface area (Å²) in [5.74, 6) is -0.233. The minimum absolute atomic E-state index is 0.00270. The van der Waals surface area contributed by atoms with Crippen LogP contribution in [0.5, 0.6) is 0 Å². The van der Waals surface area contributed by atoms with Gasteiger partial charge in [0.1, 0.15) is 0 Å². The van der Waals surface area contributed by atoms with Crippen LogP contribution in [0.1, 0.15) is 36.0 Å². The zero-order valence-electron chi connectivity index (χ0n) is 14.1. The largest absolute Gasteiger partial charge is 0.325 e. The molecule has 3 N–H and O–H groups in total. The van der Waals surface area contributed by atoms with Gasteiger partial charge in [-0.2, -0.15) is 5.10 Å². The Morgan fingerprint density at radius 3 is 2.24 bits per heavy atom. The molecule has 0 atom stereocenters. The maximum absolute atomic E-state index is 12.2. The lowest BCUT2D eigenvalue weighted by Gasteiger charge is -2.19. The Morgan fingerprint density at radius 1 is 1.00 bits per heavy atom. The van der Waals surface area contributed by atoms with Crippen molar-refractivity contribution in [2.45, 2.75) is 25.7 Å². The number of benzene rings is 1. The molecular weight excluding hydrogens is 318 g/mol. The van der Waals surface area contributed by atoms with Gasteiger partial charge in [0, 0.05) is 17.6 Å². The number of aromatic nitrogens is 2. The number of nitrogens with zero attached hydrogens (tertiary/aromatic N) is 2. The van der Waals surface area contributed by atoms with Crippen molar-refractivity contribution in [3.05, 3.63) is 42.2 Å². The van der Waals surface area contributed by atoms with Crippen molar-refractivity contribution < 1.29 is 9.59 Å². The van der Waals surface area contributed by atoms with E-state index in [1.165, 1.54) is 38.1 Å². The Hall–Kier alpha value is -2.67. The Morgan fingerprint density at radius 2 is 1.64 bits per heavy atom. The molecule has 3 rings (SSSR count). The molecule has 0 bridgehead atoms. The second-order valence-corrected chi connectivity index (χ2v) is 6.26. The zero-order chi connectivity index (χ0) is 17.5. The highest BCUT2D eigenvalue weighted by Crippen LogP contribution is 2.15. The molecule has 7 nitrogen and oxygen atoms in total. The van der Waals surface area contributed by atoms with E-state index in [1.807, 2.05) is 0 Å². The fourth-order valence-corrected chi connectivity index (χ4v) is 2.91. The lowest BCUT2D eigenvalue weighted by atomic mass is 10.2. The standard InChI is InChI=1S/C18H23N5O2/c24-17(13-23-9-3-1-2-4-10-23)21-15-5-7-16(8-6-15)22-18(25)14-11-19-20-12-14/h5-8,11-12H,1-4,9-10,13H2,(H,19,20)(H,21,24)(H,22,25). The van der Waals surface area contributed by atoms with Gasteiger partial charge in [0.05, 0.1) is 18.3 Å². The van der Waals surface area contributed by atoms with Crippen molar-refractivity contribution in [2.24, 2.45) is 0 Å². The van der Waals surface area contributed by atoms with Crippen LogP contribution in [-0.2, 0) is 4.79 Å². The Balaban J connectivity index is 1.50. The van der Waals surface area contributed by atoms with E-state index in [2.05, 4.69) is 25.7 Å². The maximum atomic E-state index is 12.2. The van der Waals surface area contributed by atoms with E-state index in [1.54, 1.807) is 24.3 Å². The summed E-state index contributed by atoms with van der Waals surface area (Å²) >= 11 is 0. The van der Waals surface area contributed by atoms with E-state index in [-0.39, 0.29) is 11.8 Å². The second kappa shape index (κ2) is 8.43. The Labute approximate surface area is 146 Å². The van der Waals surface area contributed by atoms with Crippen molar-refractivity contribution in [3.8, 4) is 0 Å². The van der Waals surface area contributed by atoms with Crippen LogP contribution in [0.4, 0.5) is 11.4 Å². The van der Waals surface area contributed by atoms with Gasteiger partial charge in [0.15, 0.2) is 0 Å². The maximum Gasteiger partial charge on any atom is 0.258 e. The molecule has 1 fully saturated rings. The van der Waals surface area contributed by atoms with Gasteiger partial charge in [-0.15, -0.1) is 0 Å². The molecular formula is C18H23N5O2. The molecule has 1 aromatic carbocycles. The van der Waals surface area contributed by atoms with Crippen LogP contribution in [-0.4, -0.2) is 46.5 Å². The molecule has 0 radical (unpaired) electrons. The van der Waals surface area contributed by atoms with Gasteiger partial charge >= 0.3 is 0 Å². The van der Waals surface area contributed by atoms with E-state index >= 15 is 0 Å². The molecule has 25 heavy (non-hydrogen) atoms. The molecule has 7 heteroatoms. The van der Waals surface area contributed by atoms with Crippen LogP contribution in [0.2, 0.25) is 0 Å². The molecule has 2 aromatic rings. The number of rotatable bonds is 5. The molecule has 1 saturated heterocycles. The third kappa shape index (κ3) is 5.15. The molecule has 2 amide bonds. The van der Waals surface area contributed by atoms with Gasteiger partial charge < -0.3 is 10.6 Å². The van der Waals surface area contributed by atoms with Gasteiger partial charge in [0.25, 0.3) is 5.91 Å². The van der Waals surface area contributed by atoms with Crippen molar-refractivity contribution in [1.29, 1.82) is 0 Å². The van der Waals surface area contributed by atoms with E-state index in [9.17, 15) is 9.59 Å². The number of likely N-dealkylation sites (tertiary alicyclic amines) is 1. The summed E-state index contributed by atoms with van der Waals surface area (Å²) in [5.41, 5.74) is 1.85. The van der Waals surface area contributed by atoms with Crippen LogP contribution < -0.4 is 10.6 Å². The number of H-pyrrole nitrogens is 1. The van der Waals surface area contributed by atoms with Gasteiger partial charge in [-0.25, -0.2) is 0 Å².